The lowest BCUT2D eigenvalue weighted by molar-refractivity contribution is -0.116. The van der Waals surface area contributed by atoms with Crippen LogP contribution >= 0.6 is 11.6 Å². The zero-order chi connectivity index (χ0) is 19.8. The van der Waals surface area contributed by atoms with Crippen LogP contribution in [-0.4, -0.2) is 22.8 Å². The molecule has 0 fully saturated rings. The van der Waals surface area contributed by atoms with Gasteiger partial charge in [0.05, 0.1) is 19.9 Å². The molecule has 1 aliphatic heterocycles. The molecule has 0 radical (unpaired) electrons. The van der Waals surface area contributed by atoms with Crippen molar-refractivity contribution >= 4 is 23.3 Å². The Morgan fingerprint density at radius 1 is 1.32 bits per heavy atom. The Balaban J connectivity index is 1.78. The number of hydrogen-bond acceptors (Lipinski definition) is 3. The van der Waals surface area contributed by atoms with E-state index < -0.39 is 5.92 Å². The van der Waals surface area contributed by atoms with Crippen LogP contribution < -0.4 is 10.1 Å². The van der Waals surface area contributed by atoms with Crippen LogP contribution in [0, 0.1) is 12.7 Å². The maximum absolute atomic E-state index is 14.9. The quantitative estimate of drug-likeness (QED) is 0.702. The van der Waals surface area contributed by atoms with Gasteiger partial charge in [-0.1, -0.05) is 35.9 Å². The number of aromatic nitrogens is 2. The first-order chi connectivity index (χ1) is 13.5. The number of aryl methyl sites for hydroxylation is 1. The molecule has 0 saturated carbocycles. The van der Waals surface area contributed by atoms with E-state index in [4.69, 9.17) is 16.3 Å². The van der Waals surface area contributed by atoms with Crippen LogP contribution in [0.1, 0.15) is 34.6 Å². The Morgan fingerprint density at radius 2 is 2.11 bits per heavy atom. The number of methoxy groups -OCH3 is 1. The van der Waals surface area contributed by atoms with E-state index in [2.05, 4.69) is 10.4 Å². The van der Waals surface area contributed by atoms with Crippen LogP contribution in [0.2, 0.25) is 5.02 Å². The van der Waals surface area contributed by atoms with E-state index in [0.29, 0.717) is 28.5 Å². The maximum Gasteiger partial charge on any atom is 0.226 e. The lowest BCUT2D eigenvalue weighted by atomic mass is 9.86. The molecule has 1 aliphatic rings. The first-order valence-electron chi connectivity index (χ1n) is 8.91. The largest absolute Gasteiger partial charge is 0.496 e. The Morgan fingerprint density at radius 3 is 2.89 bits per heavy atom. The average molecular weight is 400 g/mol. The SMILES string of the molecule is COc1ccccc1Cn1ncc2c1NC(=O)CC2c1c(Cl)ccc(C)c1F. The predicted octanol–water partition coefficient (Wildman–Crippen LogP) is 4.52. The minimum Gasteiger partial charge on any atom is -0.496 e. The summed E-state index contributed by atoms with van der Waals surface area (Å²) in [6.07, 6.45) is 1.79. The van der Waals surface area contributed by atoms with Crippen molar-refractivity contribution in [1.82, 2.24) is 9.78 Å². The summed E-state index contributed by atoms with van der Waals surface area (Å²) < 4.78 is 22.0. The van der Waals surface area contributed by atoms with Crippen molar-refractivity contribution in [3.05, 3.63) is 75.7 Å². The first-order valence-corrected chi connectivity index (χ1v) is 9.29. The Bertz CT molecular complexity index is 1060. The van der Waals surface area contributed by atoms with E-state index in [1.165, 1.54) is 0 Å². The number of anilines is 1. The average Bonchev–Trinajstić information content (AvgIpc) is 3.08. The predicted molar refractivity (Wildman–Crippen MR) is 106 cm³/mol. The highest BCUT2D eigenvalue weighted by Crippen LogP contribution is 2.41. The third-order valence-corrected chi connectivity index (χ3v) is 5.40. The van der Waals surface area contributed by atoms with Gasteiger partial charge in [-0.15, -0.1) is 0 Å². The lowest BCUT2D eigenvalue weighted by Crippen LogP contribution is -2.25. The number of nitrogens with one attached hydrogen (secondary N) is 1. The molecular formula is C21H19ClFN3O2. The third kappa shape index (κ3) is 3.14. The number of amides is 1. The zero-order valence-electron chi connectivity index (χ0n) is 15.5. The zero-order valence-corrected chi connectivity index (χ0v) is 16.3. The van der Waals surface area contributed by atoms with E-state index in [0.717, 1.165) is 16.9 Å². The van der Waals surface area contributed by atoms with Gasteiger partial charge in [-0.2, -0.15) is 5.10 Å². The van der Waals surface area contributed by atoms with Crippen LogP contribution in [0.25, 0.3) is 0 Å². The fourth-order valence-corrected chi connectivity index (χ4v) is 3.92. The standard InChI is InChI=1S/C21H19ClFN3O2/c1-12-7-8-16(22)19(20(12)23)14-9-18(27)25-21-15(14)10-24-26(21)11-13-5-3-4-6-17(13)28-2/h3-8,10,14H,9,11H2,1-2H3,(H,25,27). The van der Waals surface area contributed by atoms with Crippen molar-refractivity contribution in [3.63, 3.8) is 0 Å². The highest BCUT2D eigenvalue weighted by molar-refractivity contribution is 6.31. The summed E-state index contributed by atoms with van der Waals surface area (Å²) in [6, 6.07) is 10.9. The minimum atomic E-state index is -0.484. The third-order valence-electron chi connectivity index (χ3n) is 5.07. The van der Waals surface area contributed by atoms with Crippen molar-refractivity contribution in [2.45, 2.75) is 25.8 Å². The molecule has 1 amide bonds. The Kier molecular flexibility index (Phi) is 4.81. The summed E-state index contributed by atoms with van der Waals surface area (Å²) in [5.41, 5.74) is 2.51. The molecule has 7 heteroatoms. The van der Waals surface area contributed by atoms with Crippen LogP contribution in [0.4, 0.5) is 10.2 Å². The van der Waals surface area contributed by atoms with Crippen molar-refractivity contribution < 1.29 is 13.9 Å². The van der Waals surface area contributed by atoms with Crippen LogP contribution in [0.5, 0.6) is 5.75 Å². The molecule has 2 aromatic carbocycles. The van der Waals surface area contributed by atoms with Gasteiger partial charge >= 0.3 is 0 Å². The number of halogens is 2. The number of carbonyl (C=O) groups is 1. The van der Waals surface area contributed by atoms with Gasteiger partial charge in [0.15, 0.2) is 0 Å². The van der Waals surface area contributed by atoms with E-state index in [-0.39, 0.29) is 18.1 Å². The molecule has 144 valence electrons. The molecule has 5 nitrogen and oxygen atoms in total. The topological polar surface area (TPSA) is 56.1 Å². The van der Waals surface area contributed by atoms with Gasteiger partial charge in [0, 0.05) is 34.1 Å². The Hall–Kier alpha value is -2.86. The first kappa shape index (κ1) is 18.5. The van der Waals surface area contributed by atoms with Gasteiger partial charge in [0.1, 0.15) is 17.4 Å². The molecule has 3 aromatic rings. The second kappa shape index (κ2) is 7.28. The fourth-order valence-electron chi connectivity index (χ4n) is 3.64. The second-order valence-corrected chi connectivity index (χ2v) is 7.22. The normalized spacial score (nSPS) is 15.9. The van der Waals surface area contributed by atoms with Crippen molar-refractivity contribution in [2.75, 3.05) is 12.4 Å². The number of rotatable bonds is 4. The van der Waals surface area contributed by atoms with Crippen molar-refractivity contribution in [1.29, 1.82) is 0 Å². The van der Waals surface area contributed by atoms with Gasteiger partial charge in [-0.3, -0.25) is 4.79 Å². The highest BCUT2D eigenvalue weighted by atomic mass is 35.5. The van der Waals surface area contributed by atoms with Gasteiger partial charge in [0.2, 0.25) is 5.91 Å². The van der Waals surface area contributed by atoms with Crippen molar-refractivity contribution in [3.8, 4) is 5.75 Å². The van der Waals surface area contributed by atoms with Gasteiger partial charge in [0.25, 0.3) is 0 Å². The van der Waals surface area contributed by atoms with E-state index >= 15 is 0 Å². The summed E-state index contributed by atoms with van der Waals surface area (Å²) in [5, 5.41) is 7.63. The molecule has 0 spiro atoms. The summed E-state index contributed by atoms with van der Waals surface area (Å²) >= 11 is 6.31. The van der Waals surface area contributed by atoms with Crippen LogP contribution in [0.15, 0.2) is 42.6 Å². The van der Waals surface area contributed by atoms with E-state index in [1.54, 1.807) is 37.0 Å². The molecule has 28 heavy (non-hydrogen) atoms. The fraction of sp³-hybridized carbons (Fsp3) is 0.238. The van der Waals surface area contributed by atoms with Gasteiger partial charge < -0.3 is 10.1 Å². The molecular weight excluding hydrogens is 381 g/mol. The minimum absolute atomic E-state index is 0.118. The van der Waals surface area contributed by atoms with Crippen molar-refractivity contribution in [2.24, 2.45) is 0 Å². The monoisotopic (exact) mass is 399 g/mol. The molecule has 1 atom stereocenters. The molecule has 0 saturated heterocycles. The molecule has 0 aliphatic carbocycles. The molecule has 2 heterocycles. The lowest BCUT2D eigenvalue weighted by Gasteiger charge is -2.25. The molecule has 4 rings (SSSR count). The van der Waals surface area contributed by atoms with Crippen LogP contribution in [-0.2, 0) is 11.3 Å². The smallest absolute Gasteiger partial charge is 0.226 e. The summed E-state index contributed by atoms with van der Waals surface area (Å²) in [5.74, 6) is 0.233. The number of hydrogen-bond donors (Lipinski definition) is 1. The van der Waals surface area contributed by atoms with Crippen LogP contribution in [0.3, 0.4) is 0 Å². The number of fused-ring (bicyclic) bond motifs is 1. The maximum atomic E-state index is 14.9. The highest BCUT2D eigenvalue weighted by Gasteiger charge is 2.33. The summed E-state index contributed by atoms with van der Waals surface area (Å²) in [7, 11) is 1.61. The van der Waals surface area contributed by atoms with E-state index in [1.807, 2.05) is 24.3 Å². The number of carbonyl (C=O) groups excluding carboxylic acids is 1. The Labute approximate surface area is 167 Å². The molecule has 0 bridgehead atoms. The number of para-hydroxylation sites is 1. The van der Waals surface area contributed by atoms with E-state index in [9.17, 15) is 9.18 Å². The molecule has 1 N–H and O–H groups in total. The number of ether oxygens (including phenoxy) is 1. The number of benzene rings is 2. The summed E-state index contributed by atoms with van der Waals surface area (Å²) in [6.45, 7) is 2.10. The van der Waals surface area contributed by atoms with Gasteiger partial charge in [-0.25, -0.2) is 9.07 Å². The number of nitrogens with zero attached hydrogens (tertiary/aromatic N) is 2. The van der Waals surface area contributed by atoms with Gasteiger partial charge in [-0.05, 0) is 24.6 Å². The molecule has 1 unspecified atom stereocenters. The summed E-state index contributed by atoms with van der Waals surface area (Å²) in [4.78, 5) is 12.4. The second-order valence-electron chi connectivity index (χ2n) is 6.81. The molecule has 1 aromatic heterocycles.